The van der Waals surface area contributed by atoms with Gasteiger partial charge in [0.05, 0.1) is 11.6 Å². The highest BCUT2D eigenvalue weighted by atomic mass is 35.5. The van der Waals surface area contributed by atoms with Crippen molar-refractivity contribution in [3.63, 3.8) is 0 Å². The zero-order valence-corrected chi connectivity index (χ0v) is 15.2. The van der Waals surface area contributed by atoms with Crippen molar-refractivity contribution in [3.8, 4) is 0 Å². The third-order valence-electron chi connectivity index (χ3n) is 4.12. The van der Waals surface area contributed by atoms with Crippen molar-refractivity contribution in [3.05, 3.63) is 94.8 Å². The zero-order chi connectivity index (χ0) is 18.4. The summed E-state index contributed by atoms with van der Waals surface area (Å²) in [5, 5.41) is 7.04. The summed E-state index contributed by atoms with van der Waals surface area (Å²) in [6.45, 7) is 2.58. The minimum atomic E-state index is -0.120. The van der Waals surface area contributed by atoms with Crippen LogP contribution in [0, 0.1) is 0 Å². The van der Waals surface area contributed by atoms with Crippen molar-refractivity contribution in [1.29, 1.82) is 0 Å². The number of carbonyl (C=O) groups is 1. The summed E-state index contributed by atoms with van der Waals surface area (Å²) in [4.78, 5) is 16.8. The van der Waals surface area contributed by atoms with E-state index in [-0.39, 0.29) is 11.9 Å². The minimum Gasteiger partial charge on any atom is -0.380 e. The number of benzene rings is 2. The lowest BCUT2D eigenvalue weighted by molar-refractivity contribution is 0.0940. The Morgan fingerprint density at radius 1 is 1.04 bits per heavy atom. The predicted octanol–water partition coefficient (Wildman–Crippen LogP) is 4.84. The van der Waals surface area contributed by atoms with Crippen LogP contribution in [0.4, 0.5) is 5.69 Å². The summed E-state index contributed by atoms with van der Waals surface area (Å²) in [6, 6.07) is 18.7. The first kappa shape index (κ1) is 18.0. The molecule has 1 heterocycles. The number of carbonyl (C=O) groups excluding carboxylic acids is 1. The van der Waals surface area contributed by atoms with Gasteiger partial charge in [0.2, 0.25) is 0 Å². The fraction of sp³-hybridized carbons (Fsp3) is 0.143. The van der Waals surface area contributed by atoms with E-state index in [1.54, 1.807) is 12.4 Å². The summed E-state index contributed by atoms with van der Waals surface area (Å²) in [6.07, 6.45) is 3.51. The van der Waals surface area contributed by atoms with Crippen LogP contribution in [0.25, 0.3) is 0 Å². The van der Waals surface area contributed by atoms with Gasteiger partial charge in [0.15, 0.2) is 0 Å². The number of pyridine rings is 1. The highest BCUT2D eigenvalue weighted by Gasteiger charge is 2.14. The molecule has 0 radical (unpaired) electrons. The Morgan fingerprint density at radius 2 is 1.73 bits per heavy atom. The third kappa shape index (κ3) is 4.61. The zero-order valence-electron chi connectivity index (χ0n) is 14.4. The molecule has 4 nitrogen and oxygen atoms in total. The molecule has 2 aromatic carbocycles. The van der Waals surface area contributed by atoms with Crippen molar-refractivity contribution in [2.45, 2.75) is 19.5 Å². The molecule has 3 rings (SSSR count). The Kier molecular flexibility index (Phi) is 5.87. The Hall–Kier alpha value is -2.85. The Morgan fingerprint density at radius 3 is 2.46 bits per heavy atom. The summed E-state index contributed by atoms with van der Waals surface area (Å²) in [7, 11) is 0. The molecule has 0 aliphatic rings. The van der Waals surface area contributed by atoms with E-state index in [0.29, 0.717) is 17.1 Å². The summed E-state index contributed by atoms with van der Waals surface area (Å²) >= 11 is 5.92. The molecule has 1 amide bonds. The van der Waals surface area contributed by atoms with Crippen molar-refractivity contribution in [1.82, 2.24) is 10.3 Å². The standard InChI is InChI=1S/C21H20ClN3O/c1-15(17-6-8-18(22)9-7-17)25-21(26)19-4-2-3-5-20(19)24-14-16-10-12-23-13-11-16/h2-13,15,24H,14H2,1H3,(H,25,26). The van der Waals surface area contributed by atoms with Gasteiger partial charge in [0.1, 0.15) is 0 Å². The summed E-state index contributed by atoms with van der Waals surface area (Å²) in [5.41, 5.74) is 3.52. The van der Waals surface area contributed by atoms with Crippen LogP contribution in [0.1, 0.15) is 34.5 Å². The molecule has 0 spiro atoms. The van der Waals surface area contributed by atoms with Crippen molar-refractivity contribution in [2.24, 2.45) is 0 Å². The van der Waals surface area contributed by atoms with Gasteiger partial charge in [0.25, 0.3) is 5.91 Å². The van der Waals surface area contributed by atoms with Gasteiger partial charge in [-0.3, -0.25) is 9.78 Å². The first-order valence-corrected chi connectivity index (χ1v) is 8.79. The third-order valence-corrected chi connectivity index (χ3v) is 4.37. The van der Waals surface area contributed by atoms with E-state index in [2.05, 4.69) is 15.6 Å². The molecule has 132 valence electrons. The molecule has 1 atom stereocenters. The monoisotopic (exact) mass is 365 g/mol. The number of amides is 1. The SMILES string of the molecule is CC(NC(=O)c1ccccc1NCc1ccncc1)c1ccc(Cl)cc1. The van der Waals surface area contributed by atoms with E-state index >= 15 is 0 Å². The Balaban J connectivity index is 1.70. The number of para-hydroxylation sites is 1. The van der Waals surface area contributed by atoms with Crippen molar-refractivity contribution < 1.29 is 4.79 Å². The molecule has 5 heteroatoms. The second-order valence-electron chi connectivity index (χ2n) is 6.00. The van der Waals surface area contributed by atoms with E-state index < -0.39 is 0 Å². The molecule has 0 saturated carbocycles. The topological polar surface area (TPSA) is 54.0 Å². The first-order valence-electron chi connectivity index (χ1n) is 8.41. The van der Waals surface area contributed by atoms with Gasteiger partial charge < -0.3 is 10.6 Å². The van der Waals surface area contributed by atoms with Gasteiger partial charge in [-0.25, -0.2) is 0 Å². The highest BCUT2D eigenvalue weighted by molar-refractivity contribution is 6.30. The number of halogens is 1. The van der Waals surface area contributed by atoms with Crippen LogP contribution >= 0.6 is 11.6 Å². The number of rotatable bonds is 6. The lowest BCUT2D eigenvalue weighted by Crippen LogP contribution is -2.27. The maximum Gasteiger partial charge on any atom is 0.253 e. The quantitative estimate of drug-likeness (QED) is 0.657. The van der Waals surface area contributed by atoms with E-state index in [4.69, 9.17) is 11.6 Å². The van der Waals surface area contributed by atoms with Crippen LogP contribution in [0.5, 0.6) is 0 Å². The maximum atomic E-state index is 12.7. The molecular formula is C21H20ClN3O. The molecular weight excluding hydrogens is 346 g/mol. The normalized spacial score (nSPS) is 11.6. The summed E-state index contributed by atoms with van der Waals surface area (Å²) in [5.74, 6) is -0.120. The smallest absolute Gasteiger partial charge is 0.253 e. The summed E-state index contributed by atoms with van der Waals surface area (Å²) < 4.78 is 0. The van der Waals surface area contributed by atoms with E-state index in [1.807, 2.05) is 67.6 Å². The van der Waals surface area contributed by atoms with Gasteiger partial charge in [-0.2, -0.15) is 0 Å². The lowest BCUT2D eigenvalue weighted by atomic mass is 10.1. The van der Waals surface area contributed by atoms with Crippen LogP contribution < -0.4 is 10.6 Å². The van der Waals surface area contributed by atoms with Crippen LogP contribution in [-0.4, -0.2) is 10.9 Å². The van der Waals surface area contributed by atoms with E-state index in [1.165, 1.54) is 0 Å². The highest BCUT2D eigenvalue weighted by Crippen LogP contribution is 2.20. The van der Waals surface area contributed by atoms with Crippen molar-refractivity contribution >= 4 is 23.2 Å². The van der Waals surface area contributed by atoms with Gasteiger partial charge in [-0.05, 0) is 54.4 Å². The molecule has 0 saturated heterocycles. The number of anilines is 1. The molecule has 3 aromatic rings. The molecule has 0 fully saturated rings. The first-order chi connectivity index (χ1) is 12.6. The van der Waals surface area contributed by atoms with E-state index in [0.717, 1.165) is 16.8 Å². The number of hydrogen-bond donors (Lipinski definition) is 2. The number of nitrogens with one attached hydrogen (secondary N) is 2. The average molecular weight is 366 g/mol. The van der Waals surface area contributed by atoms with Gasteiger partial charge in [-0.15, -0.1) is 0 Å². The molecule has 1 unspecified atom stereocenters. The second kappa shape index (κ2) is 8.50. The van der Waals surface area contributed by atoms with Crippen LogP contribution in [0.15, 0.2) is 73.1 Å². The van der Waals surface area contributed by atoms with Crippen molar-refractivity contribution in [2.75, 3.05) is 5.32 Å². The van der Waals surface area contributed by atoms with Crippen LogP contribution in [0.2, 0.25) is 5.02 Å². The predicted molar refractivity (Wildman–Crippen MR) is 105 cm³/mol. The molecule has 2 N–H and O–H groups in total. The molecule has 0 bridgehead atoms. The van der Waals surface area contributed by atoms with Crippen LogP contribution in [0.3, 0.4) is 0 Å². The fourth-order valence-electron chi connectivity index (χ4n) is 2.64. The lowest BCUT2D eigenvalue weighted by Gasteiger charge is -2.17. The van der Waals surface area contributed by atoms with Crippen LogP contribution in [-0.2, 0) is 6.54 Å². The average Bonchev–Trinajstić information content (AvgIpc) is 2.68. The second-order valence-corrected chi connectivity index (χ2v) is 6.44. The maximum absolute atomic E-state index is 12.7. The molecule has 1 aromatic heterocycles. The largest absolute Gasteiger partial charge is 0.380 e. The van der Waals surface area contributed by atoms with Gasteiger partial charge in [-0.1, -0.05) is 35.9 Å². The van der Waals surface area contributed by atoms with Gasteiger partial charge >= 0.3 is 0 Å². The number of aromatic nitrogens is 1. The fourth-order valence-corrected chi connectivity index (χ4v) is 2.77. The van der Waals surface area contributed by atoms with Gasteiger partial charge in [0, 0.05) is 29.6 Å². The Labute approximate surface area is 158 Å². The minimum absolute atomic E-state index is 0.118. The number of hydrogen-bond acceptors (Lipinski definition) is 3. The Bertz CT molecular complexity index is 866. The van der Waals surface area contributed by atoms with E-state index in [9.17, 15) is 4.79 Å². The molecule has 0 aliphatic carbocycles. The number of nitrogens with zero attached hydrogens (tertiary/aromatic N) is 1. The molecule has 26 heavy (non-hydrogen) atoms. The molecule has 0 aliphatic heterocycles.